The molecule has 2 unspecified atom stereocenters. The molecule has 2 heteroatoms. The summed E-state index contributed by atoms with van der Waals surface area (Å²) in [6.07, 6.45) is 8.48. The highest BCUT2D eigenvalue weighted by molar-refractivity contribution is 5.98. The van der Waals surface area contributed by atoms with Crippen molar-refractivity contribution in [2.75, 3.05) is 0 Å². The van der Waals surface area contributed by atoms with Crippen LogP contribution in [0, 0.1) is 5.92 Å². The monoisotopic (exact) mass is 202 g/mol. The average Bonchev–Trinajstić information content (AvgIpc) is 2.17. The van der Waals surface area contributed by atoms with Crippen molar-refractivity contribution >= 4 is 10.5 Å². The predicted molar refractivity (Wildman–Crippen MR) is 63.0 cm³/mol. The summed E-state index contributed by atoms with van der Waals surface area (Å²) in [5.41, 5.74) is 0. The maximum Gasteiger partial charge on any atom is 0.146 e. The van der Waals surface area contributed by atoms with Gasteiger partial charge in [-0.3, -0.25) is 0 Å². The first-order valence-electron chi connectivity index (χ1n) is 5.82. The molecule has 0 aliphatic heterocycles. The fraction of sp³-hybridized carbons (Fsp3) is 1.00. The third-order valence-electron chi connectivity index (χ3n) is 2.93. The molecule has 0 saturated heterocycles. The van der Waals surface area contributed by atoms with E-state index in [1.807, 2.05) is 0 Å². The van der Waals surface area contributed by atoms with Crippen LogP contribution in [0.1, 0.15) is 59.3 Å². The lowest BCUT2D eigenvalue weighted by molar-refractivity contribution is 0.130. The number of hydrogen-bond acceptors (Lipinski definition) is 1. The summed E-state index contributed by atoms with van der Waals surface area (Å²) in [5, 5.41) is 0. The van der Waals surface area contributed by atoms with Crippen LogP contribution in [0.2, 0.25) is 0 Å². The van der Waals surface area contributed by atoms with Crippen molar-refractivity contribution in [2.24, 2.45) is 5.92 Å². The second-order valence-corrected chi connectivity index (χ2v) is 4.32. The molecule has 0 rings (SSSR count). The summed E-state index contributed by atoms with van der Waals surface area (Å²) in [5.74, 6) is 0.814. The van der Waals surface area contributed by atoms with Gasteiger partial charge in [-0.15, -0.1) is 0 Å². The smallest absolute Gasteiger partial charge is 0.146 e. The Morgan fingerprint density at radius 1 is 1.08 bits per heavy atom. The largest absolute Gasteiger partial charge is 0.425 e. The van der Waals surface area contributed by atoms with Crippen molar-refractivity contribution in [1.82, 2.24) is 0 Å². The molecule has 0 bridgehead atoms. The van der Waals surface area contributed by atoms with Gasteiger partial charge in [-0.25, -0.2) is 0 Å². The van der Waals surface area contributed by atoms with Crippen LogP contribution in [0.25, 0.3) is 0 Å². The van der Waals surface area contributed by atoms with Crippen molar-refractivity contribution in [3.63, 3.8) is 0 Å². The zero-order chi connectivity index (χ0) is 10.1. The molecule has 13 heavy (non-hydrogen) atoms. The highest BCUT2D eigenvalue weighted by Crippen LogP contribution is 2.21. The highest BCUT2D eigenvalue weighted by Gasteiger charge is 2.16. The topological polar surface area (TPSA) is 9.23 Å². The van der Waals surface area contributed by atoms with Crippen LogP contribution in [0.5, 0.6) is 0 Å². The van der Waals surface area contributed by atoms with Gasteiger partial charge in [-0.2, -0.15) is 0 Å². The van der Waals surface area contributed by atoms with Crippen LogP contribution >= 0.6 is 0 Å². The predicted octanol–water partition coefficient (Wildman–Crippen LogP) is 2.67. The van der Waals surface area contributed by atoms with Crippen molar-refractivity contribution in [3.8, 4) is 0 Å². The van der Waals surface area contributed by atoms with Gasteiger partial charge in [0.15, 0.2) is 0 Å². The molecule has 0 aliphatic rings. The Kier molecular flexibility index (Phi) is 8.88. The van der Waals surface area contributed by atoms with Crippen LogP contribution in [0.15, 0.2) is 0 Å². The molecule has 0 aromatic carbocycles. The Bertz CT molecular complexity index is 102. The Balaban J connectivity index is 3.71. The van der Waals surface area contributed by atoms with Gasteiger partial charge in [-0.1, -0.05) is 46.5 Å². The van der Waals surface area contributed by atoms with Crippen LogP contribution in [0.3, 0.4) is 0 Å². The molecular weight excluding hydrogens is 176 g/mol. The summed E-state index contributed by atoms with van der Waals surface area (Å²) in [4.78, 5) is 0. The normalized spacial score (nSPS) is 15.9. The molecular formula is C11H26OSi. The van der Waals surface area contributed by atoms with E-state index in [0.717, 1.165) is 16.4 Å². The second-order valence-electron chi connectivity index (χ2n) is 3.85. The standard InChI is InChI=1S/C11H26OSi/c1-4-7-8-9-10(5-2)11(6-3)12-13/h10-11H,4-9H2,1-3,13H3. The lowest BCUT2D eigenvalue weighted by Crippen LogP contribution is -2.22. The molecule has 0 N–H and O–H groups in total. The number of rotatable bonds is 8. The van der Waals surface area contributed by atoms with Crippen LogP contribution in [-0.4, -0.2) is 16.6 Å². The van der Waals surface area contributed by atoms with E-state index in [1.54, 1.807) is 0 Å². The summed E-state index contributed by atoms with van der Waals surface area (Å²) in [7, 11) is 0.894. The zero-order valence-corrected chi connectivity index (χ0v) is 11.8. The first-order chi connectivity index (χ1) is 6.29. The van der Waals surface area contributed by atoms with Gasteiger partial charge in [-0.05, 0) is 18.8 Å². The van der Waals surface area contributed by atoms with E-state index in [2.05, 4.69) is 20.8 Å². The van der Waals surface area contributed by atoms with E-state index in [4.69, 9.17) is 4.43 Å². The van der Waals surface area contributed by atoms with Crippen LogP contribution < -0.4 is 0 Å². The summed E-state index contributed by atoms with van der Waals surface area (Å²) in [6, 6.07) is 0. The zero-order valence-electron chi connectivity index (χ0n) is 9.81. The lowest BCUT2D eigenvalue weighted by atomic mass is 9.92. The minimum absolute atomic E-state index is 0.550. The molecule has 0 fully saturated rings. The quantitative estimate of drug-likeness (QED) is 0.434. The lowest BCUT2D eigenvalue weighted by Gasteiger charge is -2.24. The van der Waals surface area contributed by atoms with E-state index in [-0.39, 0.29) is 0 Å². The molecule has 2 atom stereocenters. The van der Waals surface area contributed by atoms with Crippen LogP contribution in [-0.2, 0) is 4.43 Å². The van der Waals surface area contributed by atoms with E-state index in [1.165, 1.54) is 38.5 Å². The summed E-state index contributed by atoms with van der Waals surface area (Å²) < 4.78 is 5.62. The van der Waals surface area contributed by atoms with Gasteiger partial charge < -0.3 is 4.43 Å². The first-order valence-corrected chi connectivity index (χ1v) is 6.64. The fourth-order valence-corrected chi connectivity index (χ4v) is 2.72. The molecule has 0 saturated carbocycles. The molecule has 0 aromatic rings. The van der Waals surface area contributed by atoms with Gasteiger partial charge >= 0.3 is 0 Å². The van der Waals surface area contributed by atoms with E-state index >= 15 is 0 Å². The molecule has 0 radical (unpaired) electrons. The Hall–Kier alpha value is 0.177. The molecule has 0 spiro atoms. The molecule has 0 aromatic heterocycles. The van der Waals surface area contributed by atoms with Crippen molar-refractivity contribution in [3.05, 3.63) is 0 Å². The van der Waals surface area contributed by atoms with Crippen molar-refractivity contribution in [1.29, 1.82) is 0 Å². The van der Waals surface area contributed by atoms with E-state index in [0.29, 0.717) is 6.10 Å². The highest BCUT2D eigenvalue weighted by atomic mass is 28.2. The average molecular weight is 202 g/mol. The molecule has 80 valence electrons. The van der Waals surface area contributed by atoms with Gasteiger partial charge in [0.05, 0.1) is 0 Å². The summed E-state index contributed by atoms with van der Waals surface area (Å²) in [6.45, 7) is 6.80. The molecule has 1 nitrogen and oxygen atoms in total. The Morgan fingerprint density at radius 2 is 1.77 bits per heavy atom. The van der Waals surface area contributed by atoms with Gasteiger partial charge in [0, 0.05) is 6.10 Å². The van der Waals surface area contributed by atoms with Crippen molar-refractivity contribution < 1.29 is 4.43 Å². The first kappa shape index (κ1) is 13.2. The third kappa shape index (κ3) is 5.48. The van der Waals surface area contributed by atoms with E-state index < -0.39 is 0 Å². The van der Waals surface area contributed by atoms with Gasteiger partial charge in [0.2, 0.25) is 0 Å². The Morgan fingerprint density at radius 3 is 2.15 bits per heavy atom. The maximum atomic E-state index is 5.62. The second kappa shape index (κ2) is 8.76. The van der Waals surface area contributed by atoms with Gasteiger partial charge in [0.25, 0.3) is 0 Å². The minimum Gasteiger partial charge on any atom is -0.425 e. The summed E-state index contributed by atoms with van der Waals surface area (Å²) >= 11 is 0. The number of hydrogen-bond donors (Lipinski definition) is 0. The minimum atomic E-state index is 0.550. The van der Waals surface area contributed by atoms with Crippen molar-refractivity contribution in [2.45, 2.75) is 65.4 Å². The fourth-order valence-electron chi connectivity index (χ4n) is 2.00. The molecule has 0 aliphatic carbocycles. The van der Waals surface area contributed by atoms with E-state index in [9.17, 15) is 0 Å². The maximum absolute atomic E-state index is 5.62. The Labute approximate surface area is 86.8 Å². The number of unbranched alkanes of at least 4 members (excludes halogenated alkanes) is 2. The molecule has 0 amide bonds. The molecule has 0 heterocycles. The van der Waals surface area contributed by atoms with Crippen LogP contribution in [0.4, 0.5) is 0 Å². The van der Waals surface area contributed by atoms with Gasteiger partial charge in [0.1, 0.15) is 10.5 Å². The SMILES string of the molecule is CCCCCC(CC)C(CC)O[SiH3]. The third-order valence-corrected chi connectivity index (χ3v) is 3.54.